The van der Waals surface area contributed by atoms with E-state index in [1.807, 2.05) is 0 Å². The molecule has 0 aliphatic heterocycles. The number of methoxy groups -OCH3 is 2. The van der Waals surface area contributed by atoms with Crippen molar-refractivity contribution >= 4 is 10.0 Å². The lowest BCUT2D eigenvalue weighted by molar-refractivity contribution is 0.395. The molecule has 1 N–H and O–H groups in total. The van der Waals surface area contributed by atoms with Crippen LogP contribution in [0.25, 0.3) is 0 Å². The fourth-order valence-electron chi connectivity index (χ4n) is 2.16. The summed E-state index contributed by atoms with van der Waals surface area (Å²) in [6.07, 6.45) is 0. The van der Waals surface area contributed by atoms with E-state index in [0.29, 0.717) is 17.1 Å². The zero-order chi connectivity index (χ0) is 17.0. The van der Waals surface area contributed by atoms with Crippen LogP contribution in [0.1, 0.15) is 18.5 Å². The van der Waals surface area contributed by atoms with E-state index in [0.717, 1.165) is 12.1 Å². The van der Waals surface area contributed by atoms with Crippen molar-refractivity contribution in [2.45, 2.75) is 17.9 Å². The van der Waals surface area contributed by atoms with Gasteiger partial charge in [0.2, 0.25) is 10.0 Å². The second-order valence-corrected chi connectivity index (χ2v) is 6.62. The molecule has 2 aromatic rings. The van der Waals surface area contributed by atoms with Gasteiger partial charge in [0.1, 0.15) is 17.3 Å². The van der Waals surface area contributed by atoms with Crippen molar-refractivity contribution in [2.75, 3.05) is 14.2 Å². The Morgan fingerprint density at radius 2 is 1.70 bits per heavy atom. The first-order valence-corrected chi connectivity index (χ1v) is 8.35. The summed E-state index contributed by atoms with van der Waals surface area (Å²) in [7, 11) is -0.749. The standard InChI is InChI=1S/C16H18FNO4S/c1-11(15-10-13(21-2)6-9-16(15)22-3)18-23(19,20)14-7-4-12(17)5-8-14/h4-11,18H,1-3H3/t11-/m1/s1. The second-order valence-electron chi connectivity index (χ2n) is 4.90. The summed E-state index contributed by atoms with van der Waals surface area (Å²) in [6.45, 7) is 1.69. The molecule has 0 aliphatic carbocycles. The van der Waals surface area contributed by atoms with Gasteiger partial charge in [0.05, 0.1) is 19.1 Å². The SMILES string of the molecule is COc1ccc(OC)c([C@@H](C)NS(=O)(=O)c2ccc(F)cc2)c1. The van der Waals surface area contributed by atoms with Crippen molar-refractivity contribution in [3.05, 3.63) is 53.8 Å². The van der Waals surface area contributed by atoms with Crippen molar-refractivity contribution in [1.29, 1.82) is 0 Å². The smallest absolute Gasteiger partial charge is 0.241 e. The molecular formula is C16H18FNO4S. The first-order valence-electron chi connectivity index (χ1n) is 6.87. The van der Waals surface area contributed by atoms with Gasteiger partial charge >= 0.3 is 0 Å². The normalized spacial score (nSPS) is 12.7. The highest BCUT2D eigenvalue weighted by Gasteiger charge is 2.21. The van der Waals surface area contributed by atoms with Crippen LogP contribution >= 0.6 is 0 Å². The van der Waals surface area contributed by atoms with Gasteiger partial charge in [-0.05, 0) is 49.4 Å². The number of hydrogen-bond acceptors (Lipinski definition) is 4. The van der Waals surface area contributed by atoms with Crippen LogP contribution in [0.3, 0.4) is 0 Å². The van der Waals surface area contributed by atoms with E-state index >= 15 is 0 Å². The van der Waals surface area contributed by atoms with Gasteiger partial charge in [-0.1, -0.05) is 0 Å². The number of sulfonamides is 1. The minimum absolute atomic E-state index is 0.00684. The summed E-state index contributed by atoms with van der Waals surface area (Å²) in [5.41, 5.74) is 0.637. The molecule has 0 unspecified atom stereocenters. The van der Waals surface area contributed by atoms with Crippen LogP contribution in [-0.2, 0) is 10.0 Å². The molecule has 7 heteroatoms. The largest absolute Gasteiger partial charge is 0.497 e. The summed E-state index contributed by atoms with van der Waals surface area (Å²) in [5.74, 6) is 0.639. The zero-order valence-electron chi connectivity index (χ0n) is 13.0. The summed E-state index contributed by atoms with van der Waals surface area (Å²) >= 11 is 0. The Morgan fingerprint density at radius 1 is 1.04 bits per heavy atom. The molecule has 0 radical (unpaired) electrons. The number of ether oxygens (including phenoxy) is 2. The molecule has 0 aliphatic rings. The summed E-state index contributed by atoms with van der Waals surface area (Å²) in [4.78, 5) is -0.00684. The van der Waals surface area contributed by atoms with Crippen molar-refractivity contribution in [2.24, 2.45) is 0 Å². The van der Waals surface area contributed by atoms with Gasteiger partial charge in [0.15, 0.2) is 0 Å². The van der Waals surface area contributed by atoms with E-state index in [1.54, 1.807) is 25.1 Å². The minimum atomic E-state index is -3.78. The predicted octanol–water partition coefficient (Wildman–Crippen LogP) is 2.88. The Bertz CT molecular complexity index is 775. The fraction of sp³-hybridized carbons (Fsp3) is 0.250. The zero-order valence-corrected chi connectivity index (χ0v) is 13.9. The van der Waals surface area contributed by atoms with Crippen molar-refractivity contribution in [3.63, 3.8) is 0 Å². The van der Waals surface area contributed by atoms with Crippen LogP contribution in [0.15, 0.2) is 47.4 Å². The van der Waals surface area contributed by atoms with Gasteiger partial charge in [-0.25, -0.2) is 17.5 Å². The number of benzene rings is 2. The Labute approximate surface area is 135 Å². The fourth-order valence-corrected chi connectivity index (χ4v) is 3.38. The van der Waals surface area contributed by atoms with E-state index in [9.17, 15) is 12.8 Å². The molecule has 2 rings (SSSR count). The molecule has 1 atom stereocenters. The lowest BCUT2D eigenvalue weighted by atomic mass is 10.1. The summed E-state index contributed by atoms with van der Waals surface area (Å²) < 4.78 is 50.7. The molecule has 0 amide bonds. The molecule has 0 saturated heterocycles. The quantitative estimate of drug-likeness (QED) is 0.879. The van der Waals surface area contributed by atoms with Crippen LogP contribution in [0.4, 0.5) is 4.39 Å². The maximum absolute atomic E-state index is 12.9. The van der Waals surface area contributed by atoms with Crippen LogP contribution in [0.5, 0.6) is 11.5 Å². The first-order chi connectivity index (χ1) is 10.9. The van der Waals surface area contributed by atoms with E-state index in [2.05, 4.69) is 4.72 Å². The molecule has 0 bridgehead atoms. The van der Waals surface area contributed by atoms with Crippen molar-refractivity contribution in [1.82, 2.24) is 4.72 Å². The Hall–Kier alpha value is -2.12. The maximum Gasteiger partial charge on any atom is 0.241 e. The highest BCUT2D eigenvalue weighted by atomic mass is 32.2. The molecule has 0 heterocycles. The van der Waals surface area contributed by atoms with Gasteiger partial charge in [-0.2, -0.15) is 0 Å². The average molecular weight is 339 g/mol. The Morgan fingerprint density at radius 3 is 2.26 bits per heavy atom. The first kappa shape index (κ1) is 17.2. The highest BCUT2D eigenvalue weighted by Crippen LogP contribution is 2.30. The van der Waals surface area contributed by atoms with Gasteiger partial charge < -0.3 is 9.47 Å². The molecule has 0 fully saturated rings. The van der Waals surface area contributed by atoms with Crippen LogP contribution in [-0.4, -0.2) is 22.6 Å². The third-order valence-electron chi connectivity index (χ3n) is 3.36. The molecule has 2 aromatic carbocycles. The number of hydrogen-bond donors (Lipinski definition) is 1. The molecule has 0 aromatic heterocycles. The van der Waals surface area contributed by atoms with E-state index in [1.165, 1.54) is 26.4 Å². The minimum Gasteiger partial charge on any atom is -0.497 e. The number of halogens is 1. The van der Waals surface area contributed by atoms with Gasteiger partial charge in [-0.3, -0.25) is 0 Å². The van der Waals surface area contributed by atoms with Crippen LogP contribution in [0.2, 0.25) is 0 Å². The number of nitrogens with one attached hydrogen (secondary N) is 1. The lowest BCUT2D eigenvalue weighted by Gasteiger charge is -2.18. The summed E-state index contributed by atoms with van der Waals surface area (Å²) in [5, 5.41) is 0. The number of rotatable bonds is 6. The van der Waals surface area contributed by atoms with Crippen LogP contribution in [0, 0.1) is 5.82 Å². The van der Waals surface area contributed by atoms with Gasteiger partial charge in [0.25, 0.3) is 0 Å². The highest BCUT2D eigenvalue weighted by molar-refractivity contribution is 7.89. The second kappa shape index (κ2) is 6.97. The monoisotopic (exact) mass is 339 g/mol. The third kappa shape index (κ3) is 4.00. The molecule has 23 heavy (non-hydrogen) atoms. The summed E-state index contributed by atoms with van der Waals surface area (Å²) in [6, 6.07) is 9.21. The van der Waals surface area contributed by atoms with Crippen molar-refractivity contribution in [3.8, 4) is 11.5 Å². The molecular weight excluding hydrogens is 321 g/mol. The van der Waals surface area contributed by atoms with E-state index in [-0.39, 0.29) is 4.90 Å². The van der Waals surface area contributed by atoms with E-state index < -0.39 is 21.9 Å². The van der Waals surface area contributed by atoms with Crippen molar-refractivity contribution < 1.29 is 22.3 Å². The molecule has 0 spiro atoms. The molecule has 0 saturated carbocycles. The molecule has 5 nitrogen and oxygen atoms in total. The van der Waals surface area contributed by atoms with E-state index in [4.69, 9.17) is 9.47 Å². The Kier molecular flexibility index (Phi) is 5.23. The van der Waals surface area contributed by atoms with Crippen LogP contribution < -0.4 is 14.2 Å². The average Bonchev–Trinajstić information content (AvgIpc) is 2.54. The molecule has 124 valence electrons. The van der Waals surface area contributed by atoms with Gasteiger partial charge in [0, 0.05) is 11.6 Å². The Balaban J connectivity index is 2.30. The van der Waals surface area contributed by atoms with Gasteiger partial charge in [-0.15, -0.1) is 0 Å². The topological polar surface area (TPSA) is 64.6 Å². The lowest BCUT2D eigenvalue weighted by Crippen LogP contribution is -2.27. The predicted molar refractivity (Wildman–Crippen MR) is 84.7 cm³/mol. The maximum atomic E-state index is 12.9. The third-order valence-corrected chi connectivity index (χ3v) is 4.92.